The van der Waals surface area contributed by atoms with E-state index in [4.69, 9.17) is 28.4 Å². The zero-order valence-electron chi connectivity index (χ0n) is 45.1. The van der Waals surface area contributed by atoms with E-state index in [1.807, 2.05) is 0 Å². The van der Waals surface area contributed by atoms with Crippen LogP contribution in [-0.2, 0) is 38.0 Å². The van der Waals surface area contributed by atoms with Crippen LogP contribution in [0.25, 0.3) is 0 Å². The van der Waals surface area contributed by atoms with Gasteiger partial charge in [-0.2, -0.15) is 0 Å². The van der Waals surface area contributed by atoms with Crippen LogP contribution in [0.4, 0.5) is 0 Å². The second-order valence-corrected chi connectivity index (χ2v) is 20.1. The van der Waals surface area contributed by atoms with Crippen LogP contribution in [0.3, 0.4) is 0 Å². The van der Waals surface area contributed by atoms with E-state index in [2.05, 4.69) is 62.5 Å². The maximum Gasteiger partial charge on any atom is 0.306 e. The molecule has 2 fully saturated rings. The third kappa shape index (κ3) is 32.0. The number of aliphatic hydroxyl groups is 7. The Labute approximate surface area is 439 Å². The highest BCUT2D eigenvalue weighted by atomic mass is 16.7. The second-order valence-electron chi connectivity index (χ2n) is 20.1. The lowest BCUT2D eigenvalue weighted by Crippen LogP contribution is -2.61. The maximum atomic E-state index is 13.0. The Morgan fingerprint density at radius 2 is 0.863 bits per heavy atom. The molecule has 2 aliphatic rings. The van der Waals surface area contributed by atoms with Crippen molar-refractivity contribution in [1.82, 2.24) is 0 Å². The van der Waals surface area contributed by atoms with Crippen LogP contribution in [0.1, 0.15) is 213 Å². The Bertz CT molecular complexity index is 1450. The van der Waals surface area contributed by atoms with E-state index in [0.717, 1.165) is 57.8 Å². The Balaban J connectivity index is 1.75. The Morgan fingerprint density at radius 1 is 0.452 bits per heavy atom. The summed E-state index contributed by atoms with van der Waals surface area (Å²) in [6, 6.07) is 0. The molecule has 0 aromatic carbocycles. The summed E-state index contributed by atoms with van der Waals surface area (Å²) in [6.45, 7) is 2.46. The molecule has 0 spiro atoms. The van der Waals surface area contributed by atoms with Crippen LogP contribution >= 0.6 is 0 Å². The Morgan fingerprint density at radius 3 is 1.36 bits per heavy atom. The van der Waals surface area contributed by atoms with Gasteiger partial charge in [-0.1, -0.05) is 197 Å². The van der Waals surface area contributed by atoms with E-state index in [9.17, 15) is 45.3 Å². The van der Waals surface area contributed by atoms with Gasteiger partial charge in [0.05, 0.1) is 19.8 Å². The largest absolute Gasteiger partial charge is 0.462 e. The number of esters is 2. The average molecular weight is 1040 g/mol. The molecule has 0 aromatic rings. The van der Waals surface area contributed by atoms with Gasteiger partial charge in [0.1, 0.15) is 55.4 Å². The minimum absolute atomic E-state index is 0.113. The second kappa shape index (κ2) is 44.6. The molecule has 0 amide bonds. The van der Waals surface area contributed by atoms with Crippen LogP contribution < -0.4 is 0 Å². The van der Waals surface area contributed by atoms with Crippen LogP contribution in [0.15, 0.2) is 48.6 Å². The van der Waals surface area contributed by atoms with Gasteiger partial charge in [-0.25, -0.2) is 0 Å². The van der Waals surface area contributed by atoms with Crippen molar-refractivity contribution in [3.63, 3.8) is 0 Å². The van der Waals surface area contributed by atoms with E-state index >= 15 is 0 Å². The molecule has 2 heterocycles. The third-order valence-electron chi connectivity index (χ3n) is 13.6. The zero-order chi connectivity index (χ0) is 53.2. The summed E-state index contributed by atoms with van der Waals surface area (Å²) in [5.74, 6) is -0.967. The SMILES string of the molecule is CC/C=C\C/C=C\C/C=C\C/C=C\CCCCC(=O)OC(COC(=O)CCCCCCCCCCCCCCCCCCCCCCCC)COC1OC(COC2OC(CO)C(O)C(O)C2O)C(O)C(O)C1O. The first-order valence-corrected chi connectivity index (χ1v) is 28.7. The number of allylic oxidation sites excluding steroid dienone is 8. The predicted octanol–water partition coefficient (Wildman–Crippen LogP) is 9.44. The molecule has 0 bridgehead atoms. The predicted molar refractivity (Wildman–Crippen MR) is 284 cm³/mol. The number of ether oxygens (including phenoxy) is 6. The molecule has 11 unspecified atom stereocenters. The first kappa shape index (κ1) is 66.6. The van der Waals surface area contributed by atoms with Crippen molar-refractivity contribution < 1.29 is 73.8 Å². The lowest BCUT2D eigenvalue weighted by atomic mass is 9.98. The van der Waals surface area contributed by atoms with E-state index in [0.29, 0.717) is 12.8 Å². The van der Waals surface area contributed by atoms with E-state index in [-0.39, 0.29) is 19.4 Å². The summed E-state index contributed by atoms with van der Waals surface area (Å²) in [7, 11) is 0. The van der Waals surface area contributed by atoms with E-state index in [1.54, 1.807) is 0 Å². The molecule has 2 saturated heterocycles. The summed E-state index contributed by atoms with van der Waals surface area (Å²) >= 11 is 0. The van der Waals surface area contributed by atoms with Crippen molar-refractivity contribution in [3.05, 3.63) is 48.6 Å². The fourth-order valence-corrected chi connectivity index (χ4v) is 8.92. The number of carbonyl (C=O) groups is 2. The molecule has 2 aliphatic heterocycles. The number of carbonyl (C=O) groups excluding carboxylic acids is 2. The molecule has 0 aromatic heterocycles. The fraction of sp³-hybridized carbons (Fsp3) is 0.828. The van der Waals surface area contributed by atoms with Gasteiger partial charge in [-0.05, 0) is 51.4 Å². The highest BCUT2D eigenvalue weighted by molar-refractivity contribution is 5.70. The van der Waals surface area contributed by atoms with Crippen LogP contribution in [0.5, 0.6) is 0 Å². The van der Waals surface area contributed by atoms with Crippen molar-refractivity contribution >= 4 is 11.9 Å². The number of aliphatic hydroxyl groups excluding tert-OH is 7. The van der Waals surface area contributed by atoms with Gasteiger partial charge in [-0.15, -0.1) is 0 Å². The van der Waals surface area contributed by atoms with Crippen molar-refractivity contribution in [2.24, 2.45) is 0 Å². The quantitative estimate of drug-likeness (QED) is 0.0171. The first-order chi connectivity index (χ1) is 35.5. The smallest absolute Gasteiger partial charge is 0.306 e. The number of unbranched alkanes of at least 4 members (excludes halogenated alkanes) is 23. The summed E-state index contributed by atoms with van der Waals surface area (Å²) in [5, 5.41) is 72.2. The highest BCUT2D eigenvalue weighted by Crippen LogP contribution is 2.27. The van der Waals surface area contributed by atoms with Crippen LogP contribution in [0, 0.1) is 0 Å². The molecular weight excluding hydrogens is 937 g/mol. The van der Waals surface area contributed by atoms with Gasteiger partial charge in [0.15, 0.2) is 18.7 Å². The number of hydrogen-bond acceptors (Lipinski definition) is 15. The average Bonchev–Trinajstić information content (AvgIpc) is 3.38. The van der Waals surface area contributed by atoms with Gasteiger partial charge in [0, 0.05) is 12.8 Å². The maximum absolute atomic E-state index is 13.0. The highest BCUT2D eigenvalue weighted by Gasteiger charge is 2.47. The Hall–Kier alpha value is -2.54. The molecule has 424 valence electrons. The molecular formula is C58H102O15. The summed E-state index contributed by atoms with van der Waals surface area (Å²) in [6.07, 6.45) is 34.3. The van der Waals surface area contributed by atoms with E-state index in [1.165, 1.54) is 116 Å². The monoisotopic (exact) mass is 1040 g/mol. The normalized spacial score (nSPS) is 25.2. The molecule has 0 radical (unpaired) electrons. The number of hydrogen-bond donors (Lipinski definition) is 7. The lowest BCUT2D eigenvalue weighted by molar-refractivity contribution is -0.332. The van der Waals surface area contributed by atoms with Crippen LogP contribution in [0.2, 0.25) is 0 Å². The molecule has 11 atom stereocenters. The third-order valence-corrected chi connectivity index (χ3v) is 13.6. The molecule has 2 rings (SSSR count). The topological polar surface area (TPSA) is 231 Å². The van der Waals surface area contributed by atoms with Crippen LogP contribution in [-0.4, -0.2) is 142 Å². The van der Waals surface area contributed by atoms with Gasteiger partial charge < -0.3 is 64.2 Å². The molecule has 0 aliphatic carbocycles. The summed E-state index contributed by atoms with van der Waals surface area (Å²) in [4.78, 5) is 25.8. The van der Waals surface area contributed by atoms with Crippen molar-refractivity contribution in [1.29, 1.82) is 0 Å². The fourth-order valence-electron chi connectivity index (χ4n) is 8.92. The molecule has 73 heavy (non-hydrogen) atoms. The molecule has 0 saturated carbocycles. The lowest BCUT2D eigenvalue weighted by Gasteiger charge is -2.42. The summed E-state index contributed by atoms with van der Waals surface area (Å²) in [5.41, 5.74) is 0. The van der Waals surface area contributed by atoms with Gasteiger partial charge in [0.25, 0.3) is 0 Å². The van der Waals surface area contributed by atoms with Gasteiger partial charge >= 0.3 is 11.9 Å². The molecule has 15 heteroatoms. The first-order valence-electron chi connectivity index (χ1n) is 28.7. The minimum Gasteiger partial charge on any atom is -0.462 e. The standard InChI is InChI=1S/C58H102O15/c1-3-5-7-9-11-13-15-17-19-20-21-22-23-24-25-27-28-30-32-34-36-38-40-49(60)68-43-46(71-50(61)41-39-37-35-33-31-29-26-18-16-14-12-10-8-6-4-2)44-69-57-56(67)54(65)52(63)48(73-57)45-70-58-55(66)53(64)51(62)47(42-59)72-58/h6,8,12,14,18,26,31,33,46-48,51-59,62-67H,3-5,7,9-11,13,15-17,19-25,27-30,32,34-45H2,1-2H3/b8-6-,14-12-,26-18-,33-31-. The van der Waals surface area contributed by atoms with E-state index < -0.39 is 99.3 Å². The number of rotatable bonds is 45. The summed E-state index contributed by atoms with van der Waals surface area (Å²) < 4.78 is 33.6. The van der Waals surface area contributed by atoms with Gasteiger partial charge in [-0.3, -0.25) is 9.59 Å². The molecule has 7 N–H and O–H groups in total. The minimum atomic E-state index is -1.77. The Kier molecular flexibility index (Phi) is 40.6. The van der Waals surface area contributed by atoms with Crippen molar-refractivity contribution in [2.75, 3.05) is 26.4 Å². The van der Waals surface area contributed by atoms with Gasteiger partial charge in [0.2, 0.25) is 0 Å². The molecule has 15 nitrogen and oxygen atoms in total. The van der Waals surface area contributed by atoms with Crippen molar-refractivity contribution in [3.8, 4) is 0 Å². The zero-order valence-corrected chi connectivity index (χ0v) is 45.1. The van der Waals surface area contributed by atoms with Crippen molar-refractivity contribution in [2.45, 2.75) is 280 Å².